The number of benzene rings is 2. The Labute approximate surface area is 168 Å². The number of thiophene rings is 1. The van der Waals surface area contributed by atoms with Gasteiger partial charge in [0.15, 0.2) is 0 Å². The molecule has 4 heteroatoms. The Morgan fingerprint density at radius 1 is 0.893 bits per heavy atom. The van der Waals surface area contributed by atoms with Gasteiger partial charge in [-0.1, -0.05) is 54.6 Å². The highest BCUT2D eigenvalue weighted by molar-refractivity contribution is 7.12. The van der Waals surface area contributed by atoms with Crippen LogP contribution in [0.1, 0.15) is 20.9 Å². The largest absolute Gasteiger partial charge is 0.321 e. The summed E-state index contributed by atoms with van der Waals surface area (Å²) in [5.41, 5.74) is 4.65. The molecule has 0 atom stereocenters. The molecule has 28 heavy (non-hydrogen) atoms. The summed E-state index contributed by atoms with van der Waals surface area (Å²) < 4.78 is 0. The second kappa shape index (κ2) is 8.46. The Kier molecular flexibility index (Phi) is 5.41. The van der Waals surface area contributed by atoms with Gasteiger partial charge in [-0.2, -0.15) is 0 Å². The zero-order valence-corrected chi connectivity index (χ0v) is 15.9. The van der Waals surface area contributed by atoms with E-state index >= 15 is 0 Å². The number of carbonyl (C=O) groups is 1. The number of hydrogen-bond donors (Lipinski definition) is 1. The van der Waals surface area contributed by atoms with Crippen LogP contribution in [0, 0.1) is 0 Å². The van der Waals surface area contributed by atoms with Crippen molar-refractivity contribution in [2.45, 2.75) is 0 Å². The van der Waals surface area contributed by atoms with Gasteiger partial charge in [-0.05, 0) is 52.9 Å². The number of rotatable bonds is 5. The first-order chi connectivity index (χ1) is 13.8. The Hall–Kier alpha value is -3.50. The third-order valence-electron chi connectivity index (χ3n) is 4.24. The van der Waals surface area contributed by atoms with Crippen molar-refractivity contribution in [1.29, 1.82) is 0 Å². The average Bonchev–Trinajstić information content (AvgIpc) is 3.24. The summed E-state index contributed by atoms with van der Waals surface area (Å²) in [6, 6.07) is 25.5. The van der Waals surface area contributed by atoms with E-state index in [0.29, 0.717) is 4.88 Å². The number of nitrogens with one attached hydrogen (secondary N) is 1. The maximum atomic E-state index is 12.8. The molecule has 136 valence electrons. The molecule has 0 saturated heterocycles. The molecule has 0 unspecified atom stereocenters. The smallest absolute Gasteiger partial charge is 0.266 e. The van der Waals surface area contributed by atoms with Crippen LogP contribution in [0.3, 0.4) is 0 Å². The van der Waals surface area contributed by atoms with Crippen LogP contribution in [0.2, 0.25) is 0 Å². The van der Waals surface area contributed by atoms with Crippen molar-refractivity contribution in [3.8, 4) is 11.1 Å². The van der Waals surface area contributed by atoms with Crippen molar-refractivity contribution in [3.05, 3.63) is 107 Å². The minimum atomic E-state index is -0.0975. The number of amides is 1. The van der Waals surface area contributed by atoms with Gasteiger partial charge in [-0.25, -0.2) is 0 Å². The van der Waals surface area contributed by atoms with E-state index in [-0.39, 0.29) is 5.91 Å². The molecule has 2 heterocycles. The normalized spacial score (nSPS) is 10.9. The summed E-state index contributed by atoms with van der Waals surface area (Å²) in [5.74, 6) is -0.0975. The Bertz CT molecular complexity index is 1100. The maximum absolute atomic E-state index is 12.8. The minimum Gasteiger partial charge on any atom is -0.321 e. The van der Waals surface area contributed by atoms with E-state index in [0.717, 1.165) is 28.1 Å². The van der Waals surface area contributed by atoms with Crippen molar-refractivity contribution in [3.63, 3.8) is 0 Å². The molecule has 0 aliphatic rings. The van der Waals surface area contributed by atoms with Gasteiger partial charge in [0.2, 0.25) is 0 Å². The summed E-state index contributed by atoms with van der Waals surface area (Å²) in [6.45, 7) is 0. The van der Waals surface area contributed by atoms with Gasteiger partial charge >= 0.3 is 0 Å². The first kappa shape index (κ1) is 17.9. The molecule has 1 amide bonds. The lowest BCUT2D eigenvalue weighted by Gasteiger charge is -2.07. The molecule has 0 bridgehead atoms. The molecule has 4 rings (SSSR count). The zero-order valence-electron chi connectivity index (χ0n) is 15.1. The lowest BCUT2D eigenvalue weighted by Crippen LogP contribution is -2.11. The molecule has 0 radical (unpaired) electrons. The summed E-state index contributed by atoms with van der Waals surface area (Å²) in [4.78, 5) is 17.8. The summed E-state index contributed by atoms with van der Waals surface area (Å²) in [5, 5.41) is 4.96. The number of hydrogen-bond acceptors (Lipinski definition) is 3. The number of anilines is 1. The fraction of sp³-hybridized carbons (Fsp3) is 0. The molecule has 0 spiro atoms. The molecule has 0 saturated carbocycles. The van der Waals surface area contributed by atoms with Crippen molar-refractivity contribution >= 4 is 35.1 Å². The van der Waals surface area contributed by atoms with Crippen LogP contribution in [0.15, 0.2) is 90.4 Å². The molecule has 0 aliphatic carbocycles. The number of pyridine rings is 1. The standard InChI is InChI=1S/C24H18N2OS/c27-24(23-22(14-16-28-23)19-8-2-1-3-9-19)26-21-11-6-7-18(17-21)12-13-20-10-4-5-15-25-20/h1-17H,(H,26,27). The predicted molar refractivity (Wildman–Crippen MR) is 117 cm³/mol. The van der Waals surface area contributed by atoms with E-state index in [1.165, 1.54) is 11.3 Å². The van der Waals surface area contributed by atoms with Gasteiger partial charge in [-0.3, -0.25) is 9.78 Å². The number of nitrogens with zero attached hydrogens (tertiary/aromatic N) is 1. The van der Waals surface area contributed by atoms with E-state index in [2.05, 4.69) is 10.3 Å². The van der Waals surface area contributed by atoms with Crippen LogP contribution in [-0.2, 0) is 0 Å². The Balaban J connectivity index is 1.52. The lowest BCUT2D eigenvalue weighted by atomic mass is 10.1. The van der Waals surface area contributed by atoms with Gasteiger partial charge in [0, 0.05) is 17.4 Å². The van der Waals surface area contributed by atoms with Crippen molar-refractivity contribution in [1.82, 2.24) is 4.98 Å². The molecular weight excluding hydrogens is 364 g/mol. The van der Waals surface area contributed by atoms with E-state index < -0.39 is 0 Å². The first-order valence-electron chi connectivity index (χ1n) is 8.93. The van der Waals surface area contributed by atoms with E-state index in [1.54, 1.807) is 6.20 Å². The van der Waals surface area contributed by atoms with Crippen LogP contribution < -0.4 is 5.32 Å². The van der Waals surface area contributed by atoms with Crippen LogP contribution >= 0.6 is 11.3 Å². The predicted octanol–water partition coefficient (Wildman–Crippen LogP) is 6.23. The molecule has 0 fully saturated rings. The summed E-state index contributed by atoms with van der Waals surface area (Å²) in [6.07, 6.45) is 5.70. The Morgan fingerprint density at radius 3 is 2.57 bits per heavy atom. The van der Waals surface area contributed by atoms with Crippen LogP contribution in [0.25, 0.3) is 23.3 Å². The zero-order chi connectivity index (χ0) is 19.2. The quantitative estimate of drug-likeness (QED) is 0.444. The fourth-order valence-electron chi connectivity index (χ4n) is 2.89. The lowest BCUT2D eigenvalue weighted by molar-refractivity contribution is 0.103. The van der Waals surface area contributed by atoms with E-state index in [4.69, 9.17) is 0 Å². The monoisotopic (exact) mass is 382 g/mol. The molecule has 0 aliphatic heterocycles. The number of aromatic nitrogens is 1. The maximum Gasteiger partial charge on any atom is 0.266 e. The van der Waals surface area contributed by atoms with E-state index in [1.807, 2.05) is 96.4 Å². The van der Waals surface area contributed by atoms with Gasteiger partial charge < -0.3 is 5.32 Å². The topological polar surface area (TPSA) is 42.0 Å². The average molecular weight is 382 g/mol. The van der Waals surface area contributed by atoms with Gasteiger partial charge in [0.25, 0.3) is 5.91 Å². The molecule has 1 N–H and O–H groups in total. The highest BCUT2D eigenvalue weighted by Crippen LogP contribution is 2.29. The number of carbonyl (C=O) groups excluding carboxylic acids is 1. The SMILES string of the molecule is O=C(Nc1cccc(C=Cc2ccccn2)c1)c1sccc1-c1ccccc1. The molecular formula is C24H18N2OS. The third-order valence-corrected chi connectivity index (χ3v) is 5.15. The van der Waals surface area contributed by atoms with Crippen molar-refractivity contribution < 1.29 is 4.79 Å². The van der Waals surface area contributed by atoms with Crippen molar-refractivity contribution in [2.75, 3.05) is 5.32 Å². The van der Waals surface area contributed by atoms with Gasteiger partial charge in [0.1, 0.15) is 0 Å². The molecule has 4 aromatic rings. The van der Waals surface area contributed by atoms with Gasteiger partial charge in [-0.15, -0.1) is 11.3 Å². The molecule has 2 aromatic carbocycles. The molecule has 3 nitrogen and oxygen atoms in total. The van der Waals surface area contributed by atoms with Gasteiger partial charge in [0.05, 0.1) is 10.6 Å². The Morgan fingerprint density at radius 2 is 1.75 bits per heavy atom. The van der Waals surface area contributed by atoms with E-state index in [9.17, 15) is 4.79 Å². The fourth-order valence-corrected chi connectivity index (χ4v) is 3.71. The summed E-state index contributed by atoms with van der Waals surface area (Å²) >= 11 is 1.45. The van der Waals surface area contributed by atoms with Crippen LogP contribution in [0.4, 0.5) is 5.69 Å². The second-order valence-corrected chi connectivity index (χ2v) is 7.11. The van der Waals surface area contributed by atoms with Crippen molar-refractivity contribution in [2.24, 2.45) is 0 Å². The summed E-state index contributed by atoms with van der Waals surface area (Å²) in [7, 11) is 0. The molecule has 2 aromatic heterocycles. The second-order valence-electron chi connectivity index (χ2n) is 6.20. The minimum absolute atomic E-state index is 0.0975. The highest BCUT2D eigenvalue weighted by atomic mass is 32.1. The third kappa shape index (κ3) is 4.24. The van der Waals surface area contributed by atoms with Crippen LogP contribution in [0.5, 0.6) is 0 Å². The highest BCUT2D eigenvalue weighted by Gasteiger charge is 2.14. The first-order valence-corrected chi connectivity index (χ1v) is 9.81. The van der Waals surface area contributed by atoms with Crippen LogP contribution in [-0.4, -0.2) is 10.9 Å².